The molecule has 1 saturated carbocycles. The Morgan fingerprint density at radius 1 is 1.18 bits per heavy atom. The number of nitrogens with one attached hydrogen (secondary N) is 3. The average molecular weight is 403 g/mol. The number of amides is 3. The second kappa shape index (κ2) is 10.1. The topological polar surface area (TPSA) is 92.4 Å². The molecular weight excluding hydrogens is 376 g/mol. The van der Waals surface area contributed by atoms with Crippen molar-refractivity contribution in [2.75, 3.05) is 19.0 Å². The van der Waals surface area contributed by atoms with Gasteiger partial charge in [-0.05, 0) is 37.1 Å². The molecule has 7 nitrogen and oxygen atoms in total. The van der Waals surface area contributed by atoms with Crippen LogP contribution in [0.5, 0.6) is 5.75 Å². The van der Waals surface area contributed by atoms with Crippen LogP contribution in [0.3, 0.4) is 0 Å². The number of rotatable bonds is 7. The number of methoxy groups -OCH3 is 1. The maximum Gasteiger partial charge on any atom is 0.315 e. The van der Waals surface area contributed by atoms with E-state index in [4.69, 9.17) is 4.74 Å². The lowest BCUT2D eigenvalue weighted by atomic mass is 9.96. The van der Waals surface area contributed by atoms with E-state index in [1.165, 1.54) is 30.6 Å². The molecule has 1 aliphatic carbocycles. The van der Waals surface area contributed by atoms with Crippen LogP contribution in [0.2, 0.25) is 0 Å². The van der Waals surface area contributed by atoms with Gasteiger partial charge in [0.1, 0.15) is 5.75 Å². The molecule has 0 radical (unpaired) electrons. The Kier molecular flexibility index (Phi) is 7.25. The second-order valence-corrected chi connectivity index (χ2v) is 7.66. The predicted octanol–water partition coefficient (Wildman–Crippen LogP) is 3.78. The minimum absolute atomic E-state index is 0.173. The van der Waals surface area contributed by atoms with Crippen molar-refractivity contribution < 1.29 is 14.3 Å². The highest BCUT2D eigenvalue weighted by molar-refractivity contribution is 7.14. The van der Waals surface area contributed by atoms with E-state index in [0.29, 0.717) is 11.7 Å². The molecule has 0 bridgehead atoms. The Balaban J connectivity index is 1.40. The van der Waals surface area contributed by atoms with Crippen molar-refractivity contribution in [3.8, 4) is 17.0 Å². The van der Waals surface area contributed by atoms with Crippen LogP contribution in [0.1, 0.15) is 38.5 Å². The molecule has 3 amide bonds. The van der Waals surface area contributed by atoms with Gasteiger partial charge in [-0.25, -0.2) is 9.78 Å². The number of hydrogen-bond donors (Lipinski definition) is 3. The molecule has 8 heteroatoms. The van der Waals surface area contributed by atoms with Gasteiger partial charge in [0.05, 0.1) is 12.8 Å². The fourth-order valence-corrected chi connectivity index (χ4v) is 3.92. The minimum Gasteiger partial charge on any atom is -0.497 e. The maximum atomic E-state index is 12.1. The highest BCUT2D eigenvalue weighted by Gasteiger charge is 2.15. The summed E-state index contributed by atoms with van der Waals surface area (Å²) in [5.74, 6) is 0.612. The first-order valence-electron chi connectivity index (χ1n) is 9.58. The number of benzene rings is 1. The molecule has 0 aliphatic heterocycles. The lowest BCUT2D eigenvalue weighted by molar-refractivity contribution is -0.116. The van der Waals surface area contributed by atoms with Gasteiger partial charge in [-0.1, -0.05) is 19.3 Å². The van der Waals surface area contributed by atoms with E-state index in [-0.39, 0.29) is 24.4 Å². The molecule has 0 unspecified atom stereocenters. The third-order valence-electron chi connectivity index (χ3n) is 4.71. The summed E-state index contributed by atoms with van der Waals surface area (Å²) >= 11 is 1.37. The van der Waals surface area contributed by atoms with Gasteiger partial charge in [0, 0.05) is 30.0 Å². The summed E-state index contributed by atoms with van der Waals surface area (Å²) in [5.41, 5.74) is 1.76. The number of ether oxygens (including phenoxy) is 1. The van der Waals surface area contributed by atoms with Gasteiger partial charge >= 0.3 is 6.03 Å². The van der Waals surface area contributed by atoms with Crippen LogP contribution in [0.4, 0.5) is 9.93 Å². The van der Waals surface area contributed by atoms with Crippen molar-refractivity contribution in [1.82, 2.24) is 15.6 Å². The fourth-order valence-electron chi connectivity index (χ4n) is 3.18. The molecule has 1 heterocycles. The zero-order chi connectivity index (χ0) is 19.8. The normalized spacial score (nSPS) is 14.3. The lowest BCUT2D eigenvalue weighted by Gasteiger charge is -2.22. The van der Waals surface area contributed by atoms with E-state index in [1.54, 1.807) is 7.11 Å². The number of urea groups is 1. The predicted molar refractivity (Wildman–Crippen MR) is 111 cm³/mol. The van der Waals surface area contributed by atoms with E-state index in [1.807, 2.05) is 29.6 Å². The first-order chi connectivity index (χ1) is 13.6. The molecular formula is C20H26N4O3S. The van der Waals surface area contributed by atoms with E-state index in [2.05, 4.69) is 20.9 Å². The molecule has 28 heavy (non-hydrogen) atoms. The van der Waals surface area contributed by atoms with Crippen molar-refractivity contribution >= 4 is 28.4 Å². The summed E-state index contributed by atoms with van der Waals surface area (Å²) in [6, 6.07) is 7.65. The minimum atomic E-state index is -0.198. The van der Waals surface area contributed by atoms with Crippen molar-refractivity contribution in [2.24, 2.45) is 0 Å². The number of hydrogen-bond acceptors (Lipinski definition) is 5. The number of aromatic nitrogens is 1. The zero-order valence-corrected chi connectivity index (χ0v) is 16.8. The molecule has 0 saturated heterocycles. The summed E-state index contributed by atoms with van der Waals surface area (Å²) in [4.78, 5) is 28.4. The molecule has 150 valence electrons. The van der Waals surface area contributed by atoms with Crippen LogP contribution in [0.15, 0.2) is 29.6 Å². The maximum absolute atomic E-state index is 12.1. The van der Waals surface area contributed by atoms with Gasteiger partial charge < -0.3 is 20.7 Å². The van der Waals surface area contributed by atoms with Crippen LogP contribution >= 0.6 is 11.3 Å². The van der Waals surface area contributed by atoms with Crippen molar-refractivity contribution in [1.29, 1.82) is 0 Å². The Labute approximate surface area is 168 Å². The van der Waals surface area contributed by atoms with E-state index in [9.17, 15) is 9.59 Å². The van der Waals surface area contributed by atoms with Gasteiger partial charge in [0.15, 0.2) is 5.13 Å². The highest BCUT2D eigenvalue weighted by atomic mass is 32.1. The number of carbonyl (C=O) groups excluding carboxylic acids is 2. The van der Waals surface area contributed by atoms with E-state index < -0.39 is 0 Å². The monoisotopic (exact) mass is 402 g/mol. The van der Waals surface area contributed by atoms with E-state index in [0.717, 1.165) is 29.8 Å². The Hall–Kier alpha value is -2.61. The quantitative estimate of drug-likeness (QED) is 0.657. The number of carbonyl (C=O) groups is 2. The standard InChI is InChI=1S/C20H26N4O3S/c1-27-16-9-7-14(8-10-16)17-13-28-20(23-17)24-18(25)11-12-21-19(26)22-15-5-3-2-4-6-15/h7-10,13,15H,2-6,11-12H2,1H3,(H2,21,22,26)(H,23,24,25). The van der Waals surface area contributed by atoms with Gasteiger partial charge in [0.2, 0.25) is 5.91 Å². The summed E-state index contributed by atoms with van der Waals surface area (Å²) in [6.45, 7) is 0.293. The lowest BCUT2D eigenvalue weighted by Crippen LogP contribution is -2.43. The molecule has 1 aliphatic rings. The Bertz CT molecular complexity index is 785. The molecule has 3 rings (SSSR count). The summed E-state index contributed by atoms with van der Waals surface area (Å²) in [6.07, 6.45) is 5.86. The fraction of sp³-hybridized carbons (Fsp3) is 0.450. The molecule has 1 fully saturated rings. The number of nitrogens with zero attached hydrogens (tertiary/aromatic N) is 1. The van der Waals surface area contributed by atoms with Crippen LogP contribution in [0, 0.1) is 0 Å². The van der Waals surface area contributed by atoms with Gasteiger partial charge in [0.25, 0.3) is 0 Å². The first-order valence-corrected chi connectivity index (χ1v) is 10.5. The highest BCUT2D eigenvalue weighted by Crippen LogP contribution is 2.26. The summed E-state index contributed by atoms with van der Waals surface area (Å²) < 4.78 is 5.15. The largest absolute Gasteiger partial charge is 0.497 e. The molecule has 3 N–H and O–H groups in total. The summed E-state index contributed by atoms with van der Waals surface area (Å²) in [5, 5.41) is 10.9. The second-order valence-electron chi connectivity index (χ2n) is 6.80. The van der Waals surface area contributed by atoms with Crippen molar-refractivity contribution in [3.63, 3.8) is 0 Å². The van der Waals surface area contributed by atoms with Gasteiger partial charge in [-0.15, -0.1) is 11.3 Å². The van der Waals surface area contributed by atoms with Crippen LogP contribution < -0.4 is 20.7 Å². The molecule has 1 aromatic heterocycles. The zero-order valence-electron chi connectivity index (χ0n) is 16.0. The average Bonchev–Trinajstić information content (AvgIpc) is 3.17. The Morgan fingerprint density at radius 2 is 1.93 bits per heavy atom. The van der Waals surface area contributed by atoms with Crippen molar-refractivity contribution in [2.45, 2.75) is 44.6 Å². The number of thiazole rings is 1. The van der Waals surface area contributed by atoms with Crippen LogP contribution in [-0.2, 0) is 4.79 Å². The molecule has 2 aromatic rings. The van der Waals surface area contributed by atoms with Crippen LogP contribution in [-0.4, -0.2) is 36.6 Å². The molecule has 0 spiro atoms. The molecule has 1 aromatic carbocycles. The number of anilines is 1. The van der Waals surface area contributed by atoms with Gasteiger partial charge in [-0.3, -0.25) is 4.79 Å². The smallest absolute Gasteiger partial charge is 0.315 e. The first kappa shape index (κ1) is 20.1. The van der Waals surface area contributed by atoms with Crippen LogP contribution in [0.25, 0.3) is 11.3 Å². The Morgan fingerprint density at radius 3 is 2.64 bits per heavy atom. The summed E-state index contributed by atoms with van der Waals surface area (Å²) in [7, 11) is 1.62. The third kappa shape index (κ3) is 5.95. The third-order valence-corrected chi connectivity index (χ3v) is 5.47. The SMILES string of the molecule is COc1ccc(-c2csc(NC(=O)CCNC(=O)NC3CCCCC3)n2)cc1. The van der Waals surface area contributed by atoms with Crippen molar-refractivity contribution in [3.05, 3.63) is 29.6 Å². The molecule has 0 atom stereocenters. The van der Waals surface area contributed by atoms with E-state index >= 15 is 0 Å². The van der Waals surface area contributed by atoms with Gasteiger partial charge in [-0.2, -0.15) is 0 Å².